The van der Waals surface area contributed by atoms with Crippen molar-refractivity contribution in [2.75, 3.05) is 5.32 Å². The van der Waals surface area contributed by atoms with Crippen LogP contribution < -0.4 is 5.32 Å². The van der Waals surface area contributed by atoms with Gasteiger partial charge in [0.15, 0.2) is 0 Å². The zero-order valence-corrected chi connectivity index (χ0v) is 12.2. The summed E-state index contributed by atoms with van der Waals surface area (Å²) in [6.45, 7) is 0. The third-order valence-electron chi connectivity index (χ3n) is 3.67. The lowest BCUT2D eigenvalue weighted by Crippen LogP contribution is -2.37. The summed E-state index contributed by atoms with van der Waals surface area (Å²) < 4.78 is 1.03. The first-order valence-corrected chi connectivity index (χ1v) is 7.49. The van der Waals surface area contributed by atoms with E-state index in [0.717, 1.165) is 35.8 Å². The minimum Gasteiger partial charge on any atom is -0.366 e. The molecule has 0 heterocycles. The second kappa shape index (κ2) is 6.24. The van der Waals surface area contributed by atoms with Crippen molar-refractivity contribution in [2.24, 2.45) is 0 Å². The van der Waals surface area contributed by atoms with Crippen molar-refractivity contribution < 1.29 is 0 Å². The number of hydrogen-bond acceptors (Lipinski definition) is 2. The van der Waals surface area contributed by atoms with Gasteiger partial charge in [-0.05, 0) is 40.9 Å². The Hall–Kier alpha value is -1.01. The van der Waals surface area contributed by atoms with Crippen LogP contribution in [0.25, 0.3) is 0 Å². The van der Waals surface area contributed by atoms with E-state index in [1.165, 1.54) is 19.3 Å². The van der Waals surface area contributed by atoms with E-state index in [1.807, 2.05) is 24.3 Å². The molecule has 1 aromatic carbocycles. The molecule has 18 heavy (non-hydrogen) atoms. The highest BCUT2D eigenvalue weighted by Crippen LogP contribution is 2.32. The number of rotatable bonds is 2. The van der Waals surface area contributed by atoms with Crippen LogP contribution in [0.1, 0.15) is 44.9 Å². The summed E-state index contributed by atoms with van der Waals surface area (Å²) in [5.74, 6) is 0. The fourth-order valence-electron chi connectivity index (χ4n) is 2.59. The molecule has 2 nitrogen and oxygen atoms in total. The van der Waals surface area contributed by atoms with Gasteiger partial charge >= 0.3 is 0 Å². The molecule has 0 saturated heterocycles. The van der Waals surface area contributed by atoms with Gasteiger partial charge in [-0.1, -0.05) is 44.2 Å². The fraction of sp³-hybridized carbons (Fsp3) is 0.533. The van der Waals surface area contributed by atoms with Gasteiger partial charge in [0.25, 0.3) is 0 Å². The highest BCUT2D eigenvalue weighted by molar-refractivity contribution is 9.10. The number of hydrogen-bond donors (Lipinski definition) is 1. The quantitative estimate of drug-likeness (QED) is 0.846. The first-order valence-electron chi connectivity index (χ1n) is 6.70. The lowest BCUT2D eigenvalue weighted by molar-refractivity contribution is 0.410. The second-order valence-corrected chi connectivity index (χ2v) is 5.92. The SMILES string of the molecule is N#CC1(Nc2ccccc2Br)CCCCCCC1. The van der Waals surface area contributed by atoms with Crippen LogP contribution in [0.5, 0.6) is 0 Å². The van der Waals surface area contributed by atoms with Gasteiger partial charge in [0.05, 0.1) is 6.07 Å². The number of halogens is 1. The molecule has 96 valence electrons. The van der Waals surface area contributed by atoms with E-state index >= 15 is 0 Å². The molecule has 0 aliphatic heterocycles. The molecule has 1 saturated carbocycles. The molecule has 3 heteroatoms. The summed E-state index contributed by atoms with van der Waals surface area (Å²) in [6.07, 6.45) is 8.00. The number of nitrogens with one attached hydrogen (secondary N) is 1. The Morgan fingerprint density at radius 3 is 2.28 bits per heavy atom. The van der Waals surface area contributed by atoms with Crippen LogP contribution in [0.15, 0.2) is 28.7 Å². The maximum Gasteiger partial charge on any atom is 0.125 e. The van der Waals surface area contributed by atoms with Gasteiger partial charge in [-0.3, -0.25) is 0 Å². The molecule has 0 aromatic heterocycles. The molecule has 0 atom stereocenters. The van der Waals surface area contributed by atoms with Gasteiger partial charge in [0, 0.05) is 10.2 Å². The van der Waals surface area contributed by atoms with E-state index in [9.17, 15) is 5.26 Å². The van der Waals surface area contributed by atoms with E-state index < -0.39 is 0 Å². The highest BCUT2D eigenvalue weighted by Gasteiger charge is 2.30. The zero-order chi connectivity index (χ0) is 12.8. The summed E-state index contributed by atoms with van der Waals surface area (Å²) >= 11 is 3.54. The summed E-state index contributed by atoms with van der Waals surface area (Å²) in [5, 5.41) is 13.1. The van der Waals surface area contributed by atoms with Crippen molar-refractivity contribution in [1.29, 1.82) is 5.26 Å². The molecule has 1 N–H and O–H groups in total. The minimum atomic E-state index is -0.385. The minimum absolute atomic E-state index is 0.385. The summed E-state index contributed by atoms with van der Waals surface area (Å²) in [6, 6.07) is 10.6. The van der Waals surface area contributed by atoms with Crippen LogP contribution >= 0.6 is 15.9 Å². The number of nitrogens with zero attached hydrogens (tertiary/aromatic N) is 1. The normalized spacial score (nSPS) is 19.3. The van der Waals surface area contributed by atoms with E-state index in [2.05, 4.69) is 27.3 Å². The van der Waals surface area contributed by atoms with Crippen molar-refractivity contribution in [2.45, 2.75) is 50.5 Å². The Bertz CT molecular complexity index is 428. The predicted octanol–water partition coefficient (Wildman–Crippen LogP) is 4.87. The largest absolute Gasteiger partial charge is 0.366 e. The number of nitriles is 1. The fourth-order valence-corrected chi connectivity index (χ4v) is 2.98. The van der Waals surface area contributed by atoms with Crippen LogP contribution in [0.3, 0.4) is 0 Å². The molecule has 0 unspecified atom stereocenters. The van der Waals surface area contributed by atoms with Gasteiger partial charge in [0.2, 0.25) is 0 Å². The van der Waals surface area contributed by atoms with Crippen molar-refractivity contribution >= 4 is 21.6 Å². The Balaban J connectivity index is 2.16. The van der Waals surface area contributed by atoms with Crippen LogP contribution in [0.4, 0.5) is 5.69 Å². The Morgan fingerprint density at radius 2 is 1.67 bits per heavy atom. The number of benzene rings is 1. The Morgan fingerprint density at radius 1 is 1.06 bits per heavy atom. The third-order valence-corrected chi connectivity index (χ3v) is 4.36. The van der Waals surface area contributed by atoms with Gasteiger partial charge in [-0.25, -0.2) is 0 Å². The molecule has 1 aromatic rings. The second-order valence-electron chi connectivity index (χ2n) is 5.07. The average Bonchev–Trinajstić information content (AvgIpc) is 2.35. The van der Waals surface area contributed by atoms with E-state index in [1.54, 1.807) is 0 Å². The van der Waals surface area contributed by atoms with Crippen LogP contribution in [-0.2, 0) is 0 Å². The van der Waals surface area contributed by atoms with Gasteiger partial charge in [-0.2, -0.15) is 5.26 Å². The molecular weight excluding hydrogens is 288 g/mol. The molecule has 0 amide bonds. The molecule has 0 spiro atoms. The lowest BCUT2D eigenvalue weighted by atomic mass is 9.85. The van der Waals surface area contributed by atoms with Gasteiger partial charge < -0.3 is 5.32 Å². The van der Waals surface area contributed by atoms with E-state index in [0.29, 0.717) is 0 Å². The Labute approximate surface area is 118 Å². The van der Waals surface area contributed by atoms with Crippen molar-refractivity contribution in [3.63, 3.8) is 0 Å². The zero-order valence-electron chi connectivity index (χ0n) is 10.6. The standard InChI is InChI=1S/C15H19BrN2/c16-13-8-4-5-9-14(13)18-15(12-17)10-6-2-1-3-7-11-15/h4-5,8-9,18H,1-3,6-7,10-11H2. The molecule has 1 aliphatic rings. The molecule has 0 bridgehead atoms. The maximum atomic E-state index is 9.58. The summed E-state index contributed by atoms with van der Waals surface area (Å²) in [5.41, 5.74) is 0.643. The van der Waals surface area contributed by atoms with Crippen LogP contribution in [0, 0.1) is 11.3 Å². The van der Waals surface area contributed by atoms with E-state index in [-0.39, 0.29) is 5.54 Å². The molecule has 2 rings (SSSR count). The smallest absolute Gasteiger partial charge is 0.125 e. The molecule has 1 aliphatic carbocycles. The molecule has 1 fully saturated rings. The van der Waals surface area contributed by atoms with Gasteiger partial charge in [0.1, 0.15) is 5.54 Å². The predicted molar refractivity (Wildman–Crippen MR) is 78.4 cm³/mol. The number of para-hydroxylation sites is 1. The van der Waals surface area contributed by atoms with Crippen molar-refractivity contribution in [3.05, 3.63) is 28.7 Å². The summed E-state index contributed by atoms with van der Waals surface area (Å²) in [4.78, 5) is 0. The molecular formula is C15H19BrN2. The third kappa shape index (κ3) is 3.26. The van der Waals surface area contributed by atoms with E-state index in [4.69, 9.17) is 0 Å². The highest BCUT2D eigenvalue weighted by atomic mass is 79.9. The molecule has 0 radical (unpaired) electrons. The Kier molecular flexibility index (Phi) is 4.66. The topological polar surface area (TPSA) is 35.8 Å². The maximum absolute atomic E-state index is 9.58. The first kappa shape index (κ1) is 13.4. The van der Waals surface area contributed by atoms with Crippen LogP contribution in [0.2, 0.25) is 0 Å². The van der Waals surface area contributed by atoms with Crippen molar-refractivity contribution in [1.82, 2.24) is 0 Å². The summed E-state index contributed by atoms with van der Waals surface area (Å²) in [7, 11) is 0. The lowest BCUT2D eigenvalue weighted by Gasteiger charge is -2.31. The average molecular weight is 307 g/mol. The van der Waals surface area contributed by atoms with Crippen LogP contribution in [-0.4, -0.2) is 5.54 Å². The first-order chi connectivity index (χ1) is 8.76. The van der Waals surface area contributed by atoms with Crippen molar-refractivity contribution in [3.8, 4) is 6.07 Å². The number of anilines is 1. The van der Waals surface area contributed by atoms with Gasteiger partial charge in [-0.15, -0.1) is 0 Å². The monoisotopic (exact) mass is 306 g/mol.